The van der Waals surface area contributed by atoms with E-state index in [0.29, 0.717) is 38.7 Å². The maximum atomic E-state index is 9.85. The molecule has 0 radical (unpaired) electrons. The maximum Gasteiger partial charge on any atom is 0.168 e. The van der Waals surface area contributed by atoms with Gasteiger partial charge in [0.15, 0.2) is 5.79 Å². The topological polar surface area (TPSA) is 57.2 Å². The van der Waals surface area contributed by atoms with Crippen molar-refractivity contribution in [3.05, 3.63) is 0 Å². The summed E-state index contributed by atoms with van der Waals surface area (Å²) >= 11 is 5.49. The second-order valence-electron chi connectivity index (χ2n) is 4.60. The Morgan fingerprint density at radius 1 is 1.33 bits per heavy atom. The van der Waals surface area contributed by atoms with E-state index < -0.39 is 11.9 Å². The van der Waals surface area contributed by atoms with Crippen LogP contribution in [0.2, 0.25) is 0 Å². The fourth-order valence-electron chi connectivity index (χ4n) is 1.79. The molecule has 5 nitrogen and oxygen atoms in total. The number of ether oxygens (including phenoxy) is 4. The highest BCUT2D eigenvalue weighted by atomic mass is 35.5. The van der Waals surface area contributed by atoms with Crippen LogP contribution in [0.3, 0.4) is 0 Å². The van der Waals surface area contributed by atoms with Gasteiger partial charge < -0.3 is 24.1 Å². The van der Waals surface area contributed by atoms with Gasteiger partial charge in [0, 0.05) is 12.3 Å². The van der Waals surface area contributed by atoms with Crippen LogP contribution in [0.1, 0.15) is 20.3 Å². The van der Waals surface area contributed by atoms with Crippen molar-refractivity contribution in [2.24, 2.45) is 0 Å². The summed E-state index contributed by atoms with van der Waals surface area (Å²) in [5.74, 6) is -0.205. The molecule has 108 valence electrons. The Kier molecular flexibility index (Phi) is 7.44. The first-order valence-electron chi connectivity index (χ1n) is 6.27. The van der Waals surface area contributed by atoms with Crippen LogP contribution < -0.4 is 0 Å². The van der Waals surface area contributed by atoms with E-state index in [1.807, 2.05) is 13.8 Å². The van der Waals surface area contributed by atoms with Crippen molar-refractivity contribution < 1.29 is 24.1 Å². The minimum absolute atomic E-state index is 0.0684. The molecule has 1 N–H and O–H groups in total. The molecule has 0 aliphatic carbocycles. The Balaban J connectivity index is 2.10. The predicted octanol–water partition coefficient (Wildman–Crippen LogP) is 1.16. The van der Waals surface area contributed by atoms with Crippen molar-refractivity contribution >= 4 is 11.6 Å². The minimum Gasteiger partial charge on any atom is -0.391 e. The first kappa shape index (κ1) is 16.1. The molecule has 1 rings (SSSR count). The van der Waals surface area contributed by atoms with E-state index >= 15 is 0 Å². The summed E-state index contributed by atoms with van der Waals surface area (Å²) in [7, 11) is 0. The van der Waals surface area contributed by atoms with Gasteiger partial charge in [0.2, 0.25) is 0 Å². The molecule has 1 fully saturated rings. The van der Waals surface area contributed by atoms with Crippen LogP contribution in [0.5, 0.6) is 0 Å². The number of halogens is 1. The fourth-order valence-corrected chi connectivity index (χ4v) is 1.90. The average Bonchev–Trinajstić information content (AvgIpc) is 2.73. The molecule has 0 aromatic rings. The minimum atomic E-state index is -0.679. The first-order valence-corrected chi connectivity index (χ1v) is 6.80. The number of alkyl halides is 1. The first-order chi connectivity index (χ1) is 8.56. The third kappa shape index (κ3) is 6.31. The summed E-state index contributed by atoms with van der Waals surface area (Å²) in [6.45, 7) is 6.11. The fraction of sp³-hybridized carbons (Fsp3) is 1.00. The zero-order valence-electron chi connectivity index (χ0n) is 11.1. The largest absolute Gasteiger partial charge is 0.391 e. The van der Waals surface area contributed by atoms with Gasteiger partial charge in [-0.25, -0.2) is 0 Å². The Labute approximate surface area is 113 Å². The molecule has 0 saturated carbocycles. The highest BCUT2D eigenvalue weighted by molar-refractivity contribution is 6.17. The molecule has 2 unspecified atom stereocenters. The molecule has 0 bridgehead atoms. The molecule has 1 saturated heterocycles. The molecule has 2 atom stereocenters. The van der Waals surface area contributed by atoms with Gasteiger partial charge in [-0.3, -0.25) is 0 Å². The van der Waals surface area contributed by atoms with Crippen molar-refractivity contribution in [3.8, 4) is 0 Å². The second kappa shape index (κ2) is 8.30. The third-order valence-electron chi connectivity index (χ3n) is 2.65. The highest BCUT2D eigenvalue weighted by Gasteiger charge is 2.33. The molecule has 6 heteroatoms. The zero-order chi connectivity index (χ0) is 13.4. The van der Waals surface area contributed by atoms with Crippen LogP contribution in [-0.4, -0.2) is 62.0 Å². The number of hydrogen-bond acceptors (Lipinski definition) is 5. The Bertz CT molecular complexity index is 221. The van der Waals surface area contributed by atoms with Crippen LogP contribution in [0.15, 0.2) is 0 Å². The van der Waals surface area contributed by atoms with E-state index in [1.54, 1.807) is 0 Å². The lowest BCUT2D eigenvalue weighted by Gasteiger charge is -2.25. The van der Waals surface area contributed by atoms with Gasteiger partial charge in [0.1, 0.15) is 0 Å². The average molecular weight is 283 g/mol. The molecule has 0 aromatic carbocycles. The normalized spacial score (nSPS) is 22.0. The summed E-state index contributed by atoms with van der Waals surface area (Å²) in [6.07, 6.45) is -0.271. The quantitative estimate of drug-likeness (QED) is 0.508. The second-order valence-corrected chi connectivity index (χ2v) is 4.97. The molecule has 18 heavy (non-hydrogen) atoms. The van der Waals surface area contributed by atoms with Crippen LogP contribution >= 0.6 is 11.6 Å². The van der Waals surface area contributed by atoms with Gasteiger partial charge in [-0.15, -0.1) is 11.6 Å². The molecular weight excluding hydrogens is 260 g/mol. The Hall–Kier alpha value is 0.0900. The van der Waals surface area contributed by atoms with Crippen molar-refractivity contribution in [1.82, 2.24) is 0 Å². The SMILES string of the molecule is CC(COCCCl)OCC(O)CC1(C)OCCO1. The smallest absolute Gasteiger partial charge is 0.168 e. The zero-order valence-corrected chi connectivity index (χ0v) is 11.8. The molecule has 0 amide bonds. The van der Waals surface area contributed by atoms with Crippen LogP contribution in [0.4, 0.5) is 0 Å². The van der Waals surface area contributed by atoms with Crippen LogP contribution in [-0.2, 0) is 18.9 Å². The maximum absolute atomic E-state index is 9.85. The molecule has 0 spiro atoms. The molecule has 1 heterocycles. The molecule has 1 aliphatic rings. The highest BCUT2D eigenvalue weighted by Crippen LogP contribution is 2.24. The van der Waals surface area contributed by atoms with E-state index in [9.17, 15) is 5.11 Å². The van der Waals surface area contributed by atoms with E-state index in [2.05, 4.69) is 0 Å². The number of hydrogen-bond donors (Lipinski definition) is 1. The lowest BCUT2D eigenvalue weighted by molar-refractivity contribution is -0.170. The third-order valence-corrected chi connectivity index (χ3v) is 2.81. The van der Waals surface area contributed by atoms with Gasteiger partial charge in [-0.05, 0) is 13.8 Å². The van der Waals surface area contributed by atoms with E-state index in [-0.39, 0.29) is 12.7 Å². The lowest BCUT2D eigenvalue weighted by atomic mass is 10.1. The van der Waals surface area contributed by atoms with E-state index in [0.717, 1.165) is 0 Å². The molecule has 1 aliphatic heterocycles. The predicted molar refractivity (Wildman–Crippen MR) is 67.9 cm³/mol. The van der Waals surface area contributed by atoms with Crippen molar-refractivity contribution in [1.29, 1.82) is 0 Å². The summed E-state index contributed by atoms with van der Waals surface area (Å²) in [5.41, 5.74) is 0. The molecule has 0 aromatic heterocycles. The van der Waals surface area contributed by atoms with Crippen molar-refractivity contribution in [2.75, 3.05) is 38.9 Å². The van der Waals surface area contributed by atoms with Gasteiger partial charge in [-0.2, -0.15) is 0 Å². The van der Waals surface area contributed by atoms with E-state index in [1.165, 1.54) is 0 Å². The summed E-state index contributed by atoms with van der Waals surface area (Å²) < 4.78 is 21.6. The number of aliphatic hydroxyl groups is 1. The van der Waals surface area contributed by atoms with E-state index in [4.69, 9.17) is 30.5 Å². The standard InChI is InChI=1S/C12H23ClO5/c1-10(8-15-4-3-13)16-9-11(14)7-12(2)17-5-6-18-12/h10-11,14H,3-9H2,1-2H3. The van der Waals surface area contributed by atoms with Gasteiger partial charge in [-0.1, -0.05) is 0 Å². The van der Waals surface area contributed by atoms with Gasteiger partial charge >= 0.3 is 0 Å². The summed E-state index contributed by atoms with van der Waals surface area (Å²) in [4.78, 5) is 0. The van der Waals surface area contributed by atoms with Crippen LogP contribution in [0.25, 0.3) is 0 Å². The molecular formula is C12H23ClO5. The van der Waals surface area contributed by atoms with Crippen LogP contribution in [0, 0.1) is 0 Å². The van der Waals surface area contributed by atoms with Crippen molar-refractivity contribution in [2.45, 2.75) is 38.3 Å². The van der Waals surface area contributed by atoms with Gasteiger partial charge in [0.25, 0.3) is 0 Å². The summed E-state index contributed by atoms with van der Waals surface area (Å²) in [5, 5.41) is 9.85. The number of aliphatic hydroxyl groups excluding tert-OH is 1. The summed E-state index contributed by atoms with van der Waals surface area (Å²) in [6, 6.07) is 0. The monoisotopic (exact) mass is 282 g/mol. The number of rotatable bonds is 9. The van der Waals surface area contributed by atoms with Crippen molar-refractivity contribution in [3.63, 3.8) is 0 Å². The Morgan fingerprint density at radius 2 is 2.00 bits per heavy atom. The lowest BCUT2D eigenvalue weighted by Crippen LogP contribution is -2.34. The van der Waals surface area contributed by atoms with Gasteiger partial charge in [0.05, 0.1) is 45.2 Å². The Morgan fingerprint density at radius 3 is 2.61 bits per heavy atom.